The molecule has 2 aromatic rings. The van der Waals surface area contributed by atoms with Crippen LogP contribution in [0.25, 0.3) is 0 Å². The van der Waals surface area contributed by atoms with Crippen LogP contribution in [0, 0.1) is 13.8 Å². The van der Waals surface area contributed by atoms with Gasteiger partial charge in [0.2, 0.25) is 0 Å². The van der Waals surface area contributed by atoms with Gasteiger partial charge in [0, 0.05) is 31.9 Å². The summed E-state index contributed by atoms with van der Waals surface area (Å²) in [5.41, 5.74) is 3.44. The summed E-state index contributed by atoms with van der Waals surface area (Å²) < 4.78 is 0. The van der Waals surface area contributed by atoms with Gasteiger partial charge in [-0.3, -0.25) is 9.59 Å². The number of hydrogen-bond donors (Lipinski definition) is 1. The smallest absolute Gasteiger partial charge is 0.274 e. The van der Waals surface area contributed by atoms with Crippen LogP contribution in [0.15, 0.2) is 36.4 Å². The normalized spacial score (nSPS) is 14.9. The molecule has 1 aromatic carbocycles. The van der Waals surface area contributed by atoms with E-state index in [-0.39, 0.29) is 17.5 Å². The molecule has 1 aliphatic heterocycles. The molecule has 0 bridgehead atoms. The number of benzene rings is 1. The summed E-state index contributed by atoms with van der Waals surface area (Å²) in [6.45, 7) is 10.2. The van der Waals surface area contributed by atoms with Gasteiger partial charge in [-0.15, -0.1) is 0 Å². The number of aromatic nitrogens is 1. The zero-order valence-corrected chi connectivity index (χ0v) is 16.2. The van der Waals surface area contributed by atoms with E-state index in [1.54, 1.807) is 23.1 Å². The van der Waals surface area contributed by atoms with Crippen LogP contribution in [0.4, 0.5) is 5.69 Å². The number of pyridine rings is 1. The topological polar surface area (TPSA) is 65.5 Å². The van der Waals surface area contributed by atoms with E-state index < -0.39 is 0 Å². The van der Waals surface area contributed by atoms with Crippen molar-refractivity contribution >= 4 is 17.5 Å². The maximum atomic E-state index is 12.7. The predicted molar refractivity (Wildman–Crippen MR) is 106 cm³/mol. The summed E-state index contributed by atoms with van der Waals surface area (Å²) in [5, 5.41) is 2.89. The molecule has 3 rings (SSSR count). The number of amides is 2. The largest absolute Gasteiger partial charge is 0.335 e. The molecule has 0 spiro atoms. The molecular formula is C21H26N4O2. The molecule has 2 amide bonds. The standard InChI is InChI=1S/C21H26N4O2/c1-4-24-11-13-25(14-12-24)21(27)19-10-6-9-18(22-19)20(26)23-17-8-5-7-15(2)16(17)3/h5-10H,4,11-14H2,1-3H3,(H,23,26). The van der Waals surface area contributed by atoms with Crippen LogP contribution in [0.2, 0.25) is 0 Å². The molecule has 2 heterocycles. The van der Waals surface area contributed by atoms with Crippen LogP contribution in [-0.4, -0.2) is 59.3 Å². The number of carbonyl (C=O) groups excluding carboxylic acids is 2. The number of aryl methyl sites for hydroxylation is 1. The lowest BCUT2D eigenvalue weighted by atomic mass is 10.1. The van der Waals surface area contributed by atoms with Crippen molar-refractivity contribution in [1.82, 2.24) is 14.8 Å². The van der Waals surface area contributed by atoms with Crippen LogP contribution >= 0.6 is 0 Å². The SMILES string of the molecule is CCN1CCN(C(=O)c2cccc(C(=O)Nc3cccc(C)c3C)n2)CC1. The Morgan fingerprint density at radius 2 is 1.67 bits per heavy atom. The molecule has 27 heavy (non-hydrogen) atoms. The summed E-state index contributed by atoms with van der Waals surface area (Å²) in [7, 11) is 0. The van der Waals surface area contributed by atoms with Crippen molar-refractivity contribution in [1.29, 1.82) is 0 Å². The third kappa shape index (κ3) is 4.34. The fourth-order valence-electron chi connectivity index (χ4n) is 3.18. The van der Waals surface area contributed by atoms with Gasteiger partial charge < -0.3 is 15.1 Å². The van der Waals surface area contributed by atoms with Gasteiger partial charge in [0.1, 0.15) is 11.4 Å². The summed E-state index contributed by atoms with van der Waals surface area (Å²) in [6, 6.07) is 10.8. The quantitative estimate of drug-likeness (QED) is 0.904. The third-order valence-electron chi connectivity index (χ3n) is 5.16. The summed E-state index contributed by atoms with van der Waals surface area (Å²) in [4.78, 5) is 33.8. The minimum absolute atomic E-state index is 0.118. The van der Waals surface area contributed by atoms with Crippen molar-refractivity contribution in [2.24, 2.45) is 0 Å². The number of carbonyl (C=O) groups is 2. The Balaban J connectivity index is 1.72. The Labute approximate surface area is 160 Å². The molecule has 142 valence electrons. The highest BCUT2D eigenvalue weighted by Crippen LogP contribution is 2.18. The number of nitrogens with one attached hydrogen (secondary N) is 1. The van der Waals surface area contributed by atoms with Crippen molar-refractivity contribution < 1.29 is 9.59 Å². The molecule has 1 saturated heterocycles. The van der Waals surface area contributed by atoms with Crippen LogP contribution in [0.3, 0.4) is 0 Å². The molecule has 1 aromatic heterocycles. The fraction of sp³-hybridized carbons (Fsp3) is 0.381. The highest BCUT2D eigenvalue weighted by molar-refractivity contribution is 6.04. The third-order valence-corrected chi connectivity index (χ3v) is 5.16. The fourth-order valence-corrected chi connectivity index (χ4v) is 3.18. The zero-order valence-electron chi connectivity index (χ0n) is 16.2. The molecule has 6 heteroatoms. The second kappa shape index (κ2) is 8.31. The van der Waals surface area contributed by atoms with E-state index in [1.165, 1.54) is 0 Å². The highest BCUT2D eigenvalue weighted by atomic mass is 16.2. The van der Waals surface area contributed by atoms with Crippen LogP contribution in [-0.2, 0) is 0 Å². The molecule has 1 N–H and O–H groups in total. The van der Waals surface area contributed by atoms with E-state index in [4.69, 9.17) is 0 Å². The van der Waals surface area contributed by atoms with Gasteiger partial charge in [-0.25, -0.2) is 4.98 Å². The lowest BCUT2D eigenvalue weighted by molar-refractivity contribution is 0.0637. The monoisotopic (exact) mass is 366 g/mol. The second-order valence-corrected chi connectivity index (χ2v) is 6.84. The number of rotatable bonds is 4. The van der Waals surface area contributed by atoms with Gasteiger partial charge in [-0.2, -0.15) is 0 Å². The predicted octanol–water partition coefficient (Wildman–Crippen LogP) is 2.73. The Kier molecular flexibility index (Phi) is 5.86. The van der Waals surface area contributed by atoms with Gasteiger partial charge in [0.05, 0.1) is 0 Å². The van der Waals surface area contributed by atoms with Crippen LogP contribution in [0.5, 0.6) is 0 Å². The van der Waals surface area contributed by atoms with E-state index in [9.17, 15) is 9.59 Å². The first-order chi connectivity index (χ1) is 13.0. The minimum Gasteiger partial charge on any atom is -0.335 e. The van der Waals surface area contributed by atoms with Crippen molar-refractivity contribution in [3.8, 4) is 0 Å². The van der Waals surface area contributed by atoms with Gasteiger partial charge in [0.15, 0.2) is 0 Å². The Bertz CT molecular complexity index is 842. The van der Waals surface area contributed by atoms with Gasteiger partial charge in [-0.05, 0) is 49.7 Å². The Hall–Kier alpha value is -2.73. The van der Waals surface area contributed by atoms with Gasteiger partial charge >= 0.3 is 0 Å². The molecule has 0 aliphatic carbocycles. The van der Waals surface area contributed by atoms with Crippen molar-refractivity contribution in [3.05, 3.63) is 58.9 Å². The molecule has 1 fully saturated rings. The molecular weight excluding hydrogens is 340 g/mol. The molecule has 1 aliphatic rings. The zero-order chi connectivity index (χ0) is 19.4. The van der Waals surface area contributed by atoms with Crippen LogP contribution < -0.4 is 5.32 Å². The number of piperazine rings is 1. The van der Waals surface area contributed by atoms with Crippen molar-refractivity contribution in [3.63, 3.8) is 0 Å². The van der Waals surface area contributed by atoms with E-state index in [0.29, 0.717) is 18.8 Å². The molecule has 0 saturated carbocycles. The first-order valence-corrected chi connectivity index (χ1v) is 9.36. The van der Waals surface area contributed by atoms with Crippen LogP contribution in [0.1, 0.15) is 39.0 Å². The molecule has 0 atom stereocenters. The highest BCUT2D eigenvalue weighted by Gasteiger charge is 2.23. The van der Waals surface area contributed by atoms with Gasteiger partial charge in [0.25, 0.3) is 11.8 Å². The first-order valence-electron chi connectivity index (χ1n) is 9.36. The van der Waals surface area contributed by atoms with E-state index >= 15 is 0 Å². The van der Waals surface area contributed by atoms with Gasteiger partial charge in [-0.1, -0.05) is 25.1 Å². The average Bonchev–Trinajstić information content (AvgIpc) is 2.71. The maximum Gasteiger partial charge on any atom is 0.274 e. The second-order valence-electron chi connectivity index (χ2n) is 6.84. The lowest BCUT2D eigenvalue weighted by Crippen LogP contribution is -2.48. The van der Waals surface area contributed by atoms with Crippen molar-refractivity contribution in [2.75, 3.05) is 38.0 Å². The summed E-state index contributed by atoms with van der Waals surface area (Å²) in [5.74, 6) is -0.429. The molecule has 0 radical (unpaired) electrons. The number of likely N-dealkylation sites (N-methyl/N-ethyl adjacent to an activating group) is 1. The maximum absolute atomic E-state index is 12.7. The average molecular weight is 366 g/mol. The van der Waals surface area contributed by atoms with E-state index in [2.05, 4.69) is 22.1 Å². The lowest BCUT2D eigenvalue weighted by Gasteiger charge is -2.33. The number of nitrogens with zero attached hydrogens (tertiary/aromatic N) is 3. The Morgan fingerprint density at radius 3 is 2.37 bits per heavy atom. The number of anilines is 1. The number of hydrogen-bond acceptors (Lipinski definition) is 4. The van der Waals surface area contributed by atoms with E-state index in [1.807, 2.05) is 32.0 Å². The molecule has 6 nitrogen and oxygen atoms in total. The first kappa shape index (κ1) is 19.0. The Morgan fingerprint density at radius 1 is 1.00 bits per heavy atom. The molecule has 0 unspecified atom stereocenters. The summed E-state index contributed by atoms with van der Waals surface area (Å²) in [6.07, 6.45) is 0. The van der Waals surface area contributed by atoms with E-state index in [0.717, 1.165) is 36.4 Å². The van der Waals surface area contributed by atoms with Crippen molar-refractivity contribution in [2.45, 2.75) is 20.8 Å². The minimum atomic E-state index is -0.311. The summed E-state index contributed by atoms with van der Waals surface area (Å²) >= 11 is 0.